The van der Waals surface area contributed by atoms with E-state index in [1.807, 2.05) is 29.2 Å². The van der Waals surface area contributed by atoms with Crippen LogP contribution in [0.15, 0.2) is 48.5 Å². The standard InChI is InChI=1S/C33H43N3O5.ClH/c1-2-3-19-36-30(37)29(22-24-7-5-4-6-8-24)34-32(40)33(36)17-20-35(21-18-33)23-25-9-13-27(14-10-25)41-28-15-11-26(12-16-28)31(38)39;/h9-16,24,29H,2-8,17-23H2,1H3,(H,34,40)(H,38,39);1H/t29-;/m1./s1. The van der Waals surface area contributed by atoms with Crippen LogP contribution in [0.3, 0.4) is 0 Å². The molecular weight excluding hydrogens is 554 g/mol. The lowest BCUT2D eigenvalue weighted by Gasteiger charge is -2.52. The van der Waals surface area contributed by atoms with Gasteiger partial charge in [0.05, 0.1) is 5.56 Å². The van der Waals surface area contributed by atoms with Crippen LogP contribution in [0.4, 0.5) is 0 Å². The zero-order valence-corrected chi connectivity index (χ0v) is 25.4. The number of piperidine rings is 1. The van der Waals surface area contributed by atoms with Gasteiger partial charge in [-0.05, 0) is 73.6 Å². The van der Waals surface area contributed by atoms with Crippen molar-refractivity contribution < 1.29 is 24.2 Å². The molecule has 2 heterocycles. The van der Waals surface area contributed by atoms with Gasteiger partial charge in [0.1, 0.15) is 23.1 Å². The van der Waals surface area contributed by atoms with Gasteiger partial charge in [-0.25, -0.2) is 4.79 Å². The lowest BCUT2D eigenvalue weighted by molar-refractivity contribution is -0.162. The number of halogens is 1. The third-order valence-electron chi connectivity index (χ3n) is 9.19. The molecule has 8 nitrogen and oxygen atoms in total. The predicted molar refractivity (Wildman–Crippen MR) is 164 cm³/mol. The summed E-state index contributed by atoms with van der Waals surface area (Å²) in [6, 6.07) is 13.9. The van der Waals surface area contributed by atoms with Gasteiger partial charge in [-0.15, -0.1) is 12.4 Å². The number of carboxylic acids is 1. The van der Waals surface area contributed by atoms with Gasteiger partial charge in [-0.1, -0.05) is 57.6 Å². The smallest absolute Gasteiger partial charge is 0.335 e. The first kappa shape index (κ1) is 31.8. The maximum atomic E-state index is 13.8. The molecular formula is C33H44ClN3O5. The van der Waals surface area contributed by atoms with E-state index in [9.17, 15) is 14.4 Å². The van der Waals surface area contributed by atoms with Gasteiger partial charge in [-0.3, -0.25) is 14.5 Å². The summed E-state index contributed by atoms with van der Waals surface area (Å²) in [5, 5.41) is 12.2. The third-order valence-corrected chi connectivity index (χ3v) is 9.19. The van der Waals surface area contributed by atoms with E-state index in [-0.39, 0.29) is 35.8 Å². The van der Waals surface area contributed by atoms with Crippen molar-refractivity contribution in [2.24, 2.45) is 5.92 Å². The number of nitrogens with zero attached hydrogens (tertiary/aromatic N) is 2. The van der Waals surface area contributed by atoms with Crippen molar-refractivity contribution in [3.63, 3.8) is 0 Å². The molecule has 1 saturated carbocycles. The summed E-state index contributed by atoms with van der Waals surface area (Å²) in [4.78, 5) is 42.8. The fourth-order valence-electron chi connectivity index (χ4n) is 6.73. The predicted octanol–water partition coefficient (Wildman–Crippen LogP) is 6.03. The minimum Gasteiger partial charge on any atom is -0.478 e. The number of rotatable bonds is 10. The van der Waals surface area contributed by atoms with Gasteiger partial charge in [0.25, 0.3) is 0 Å². The van der Waals surface area contributed by atoms with Gasteiger partial charge in [0, 0.05) is 26.2 Å². The average molecular weight is 598 g/mol. The van der Waals surface area contributed by atoms with Crippen molar-refractivity contribution in [1.29, 1.82) is 0 Å². The second-order valence-electron chi connectivity index (χ2n) is 12.0. The van der Waals surface area contributed by atoms with Crippen LogP contribution in [-0.2, 0) is 16.1 Å². The van der Waals surface area contributed by atoms with Crippen molar-refractivity contribution in [2.45, 2.75) is 89.3 Å². The van der Waals surface area contributed by atoms with Crippen LogP contribution < -0.4 is 10.1 Å². The molecule has 0 aromatic heterocycles. The normalized spacial score (nSPS) is 21.1. The van der Waals surface area contributed by atoms with E-state index in [0.29, 0.717) is 36.8 Å². The summed E-state index contributed by atoms with van der Waals surface area (Å²) in [6.45, 7) is 5.06. The molecule has 0 bridgehead atoms. The van der Waals surface area contributed by atoms with E-state index in [4.69, 9.17) is 9.84 Å². The number of unbranched alkanes of at least 4 members (excludes halogenated alkanes) is 1. The molecule has 42 heavy (non-hydrogen) atoms. The Morgan fingerprint density at radius 3 is 2.19 bits per heavy atom. The largest absolute Gasteiger partial charge is 0.478 e. The number of carboxylic acid groups (broad SMARTS) is 1. The molecule has 2 saturated heterocycles. The number of hydrogen-bond acceptors (Lipinski definition) is 5. The van der Waals surface area contributed by atoms with Crippen molar-refractivity contribution in [3.05, 3.63) is 59.7 Å². The van der Waals surface area contributed by atoms with Crippen molar-refractivity contribution in [3.8, 4) is 11.5 Å². The minimum absolute atomic E-state index is 0. The van der Waals surface area contributed by atoms with Gasteiger partial charge >= 0.3 is 5.97 Å². The van der Waals surface area contributed by atoms with Crippen molar-refractivity contribution >= 4 is 30.2 Å². The van der Waals surface area contributed by atoms with E-state index in [0.717, 1.165) is 44.5 Å². The molecule has 2 aromatic carbocycles. The van der Waals surface area contributed by atoms with E-state index >= 15 is 0 Å². The summed E-state index contributed by atoms with van der Waals surface area (Å²) in [6.07, 6.45) is 10.1. The van der Waals surface area contributed by atoms with Gasteiger partial charge < -0.3 is 20.1 Å². The molecule has 3 fully saturated rings. The summed E-state index contributed by atoms with van der Waals surface area (Å²) in [7, 11) is 0. The van der Waals surface area contributed by atoms with E-state index < -0.39 is 11.5 Å². The van der Waals surface area contributed by atoms with Crippen molar-refractivity contribution in [1.82, 2.24) is 15.1 Å². The number of likely N-dealkylation sites (tertiary alicyclic amines) is 1. The first-order valence-electron chi connectivity index (χ1n) is 15.3. The lowest BCUT2D eigenvalue weighted by atomic mass is 9.79. The Kier molecular flexibility index (Phi) is 10.9. The Morgan fingerprint density at radius 2 is 1.60 bits per heavy atom. The van der Waals surface area contributed by atoms with E-state index in [2.05, 4.69) is 17.1 Å². The summed E-state index contributed by atoms with van der Waals surface area (Å²) < 4.78 is 5.87. The Morgan fingerprint density at radius 1 is 0.976 bits per heavy atom. The molecule has 1 spiro atoms. The fourth-order valence-corrected chi connectivity index (χ4v) is 6.73. The third kappa shape index (κ3) is 7.27. The molecule has 0 unspecified atom stereocenters. The minimum atomic E-state index is -0.965. The van der Waals surface area contributed by atoms with Gasteiger partial charge in [0.15, 0.2) is 0 Å². The van der Waals surface area contributed by atoms with Crippen molar-refractivity contribution in [2.75, 3.05) is 19.6 Å². The molecule has 5 rings (SSSR count). The topological polar surface area (TPSA) is 99.2 Å². The summed E-state index contributed by atoms with van der Waals surface area (Å²) in [5.41, 5.74) is 0.632. The van der Waals surface area contributed by atoms with Crippen LogP contribution in [0.25, 0.3) is 0 Å². The molecule has 0 radical (unpaired) electrons. The van der Waals surface area contributed by atoms with Gasteiger partial charge in [0.2, 0.25) is 11.8 Å². The highest BCUT2D eigenvalue weighted by atomic mass is 35.5. The second-order valence-corrected chi connectivity index (χ2v) is 12.0. The Balaban J connectivity index is 0.00000405. The zero-order valence-electron chi connectivity index (χ0n) is 24.6. The number of carbonyl (C=O) groups is 3. The number of ether oxygens (including phenoxy) is 1. The highest BCUT2D eigenvalue weighted by Gasteiger charge is 2.53. The van der Waals surface area contributed by atoms with Crippen LogP contribution in [0, 0.1) is 5.92 Å². The number of aromatic carboxylic acids is 1. The highest BCUT2D eigenvalue weighted by molar-refractivity contribution is 6.00. The molecule has 2 aliphatic heterocycles. The number of hydrogen-bond donors (Lipinski definition) is 2. The lowest BCUT2D eigenvalue weighted by Crippen LogP contribution is -2.73. The maximum absolute atomic E-state index is 13.8. The van der Waals surface area contributed by atoms with Gasteiger partial charge in [-0.2, -0.15) is 0 Å². The molecule has 2 N–H and O–H groups in total. The molecule has 1 atom stereocenters. The monoisotopic (exact) mass is 597 g/mol. The zero-order chi connectivity index (χ0) is 28.8. The molecule has 3 aliphatic rings. The molecule has 9 heteroatoms. The Bertz CT molecular complexity index is 1210. The van der Waals surface area contributed by atoms with E-state index in [1.165, 1.54) is 44.2 Å². The van der Waals surface area contributed by atoms with Crippen LogP contribution in [-0.4, -0.2) is 63.9 Å². The summed E-state index contributed by atoms with van der Waals surface area (Å²) >= 11 is 0. The summed E-state index contributed by atoms with van der Waals surface area (Å²) in [5.74, 6) is 1.01. The SMILES string of the molecule is CCCCN1C(=O)[C@@H](CC2CCCCC2)NC(=O)C12CCN(Cc1ccc(Oc3ccc(C(=O)O)cc3)cc1)CC2.Cl. The first-order valence-corrected chi connectivity index (χ1v) is 15.3. The van der Waals surface area contributed by atoms with Crippen LogP contribution >= 0.6 is 12.4 Å². The number of benzene rings is 2. The maximum Gasteiger partial charge on any atom is 0.335 e. The number of piperazine rings is 1. The van der Waals surface area contributed by atoms with Crippen LogP contribution in [0.2, 0.25) is 0 Å². The Hall–Kier alpha value is -3.10. The first-order chi connectivity index (χ1) is 19.9. The molecule has 2 amide bonds. The quantitative estimate of drug-likeness (QED) is 0.347. The molecule has 1 aliphatic carbocycles. The average Bonchev–Trinajstić information content (AvgIpc) is 2.99. The second kappa shape index (κ2) is 14.4. The molecule has 228 valence electrons. The number of carbonyl (C=O) groups excluding carboxylic acids is 2. The number of amides is 2. The fraction of sp³-hybridized carbons (Fsp3) is 0.545. The highest BCUT2D eigenvalue weighted by Crippen LogP contribution is 2.36. The van der Waals surface area contributed by atoms with E-state index in [1.54, 1.807) is 12.1 Å². The molecule has 2 aromatic rings. The number of nitrogens with one attached hydrogen (secondary N) is 1. The van der Waals surface area contributed by atoms with Crippen LogP contribution in [0.1, 0.15) is 87.1 Å². The van der Waals surface area contributed by atoms with Crippen LogP contribution in [0.5, 0.6) is 11.5 Å². The Labute approximate surface area is 255 Å².